The second kappa shape index (κ2) is 9.23. The van der Waals surface area contributed by atoms with E-state index in [9.17, 15) is 18.0 Å². The third-order valence-electron chi connectivity index (χ3n) is 5.27. The number of nitrogens with one attached hydrogen (secondary N) is 1. The summed E-state index contributed by atoms with van der Waals surface area (Å²) in [5, 5.41) is 3.77. The first-order valence-electron chi connectivity index (χ1n) is 10.1. The topological polar surface area (TPSA) is 63.7 Å². The Morgan fingerprint density at radius 2 is 1.97 bits per heavy atom. The minimum absolute atomic E-state index is 0.0758. The van der Waals surface area contributed by atoms with Gasteiger partial charge >= 0.3 is 6.36 Å². The summed E-state index contributed by atoms with van der Waals surface area (Å²) in [5.41, 5.74) is 1.59. The Morgan fingerprint density at radius 1 is 1.22 bits per heavy atom. The summed E-state index contributed by atoms with van der Waals surface area (Å²) in [5.74, 6) is 0.233. The normalized spacial score (nSPS) is 16.8. The number of hydrogen-bond donors (Lipinski definition) is 1. The van der Waals surface area contributed by atoms with Gasteiger partial charge in [0.15, 0.2) is 5.13 Å². The lowest BCUT2D eigenvalue weighted by molar-refractivity contribution is -0.274. The first kappa shape index (κ1) is 22.2. The third kappa shape index (κ3) is 5.42. The number of anilines is 1. The summed E-state index contributed by atoms with van der Waals surface area (Å²) < 4.78 is 46.9. The van der Waals surface area contributed by atoms with Crippen LogP contribution in [0.5, 0.6) is 11.5 Å². The molecule has 32 heavy (non-hydrogen) atoms. The zero-order valence-electron chi connectivity index (χ0n) is 17.3. The quantitative estimate of drug-likeness (QED) is 0.570. The number of ether oxygens (including phenoxy) is 2. The average molecular weight is 465 g/mol. The molecule has 0 spiro atoms. The maximum atomic E-state index is 12.7. The maximum Gasteiger partial charge on any atom is 0.573 e. The molecule has 1 atom stereocenters. The van der Waals surface area contributed by atoms with Crippen LogP contribution in [0.25, 0.3) is 10.2 Å². The first-order valence-corrected chi connectivity index (χ1v) is 10.9. The van der Waals surface area contributed by atoms with Crippen molar-refractivity contribution in [1.29, 1.82) is 0 Å². The van der Waals surface area contributed by atoms with Gasteiger partial charge in [-0.3, -0.25) is 4.79 Å². The molecule has 1 amide bonds. The molecule has 1 unspecified atom stereocenters. The highest BCUT2D eigenvalue weighted by Gasteiger charge is 2.31. The third-order valence-corrected chi connectivity index (χ3v) is 6.35. The molecule has 1 aromatic heterocycles. The van der Waals surface area contributed by atoms with Crippen molar-refractivity contribution in [3.05, 3.63) is 48.0 Å². The Kier molecular flexibility index (Phi) is 6.40. The monoisotopic (exact) mass is 465 g/mol. The lowest BCUT2D eigenvalue weighted by atomic mass is 9.97. The van der Waals surface area contributed by atoms with E-state index in [4.69, 9.17) is 9.72 Å². The highest BCUT2D eigenvalue weighted by atomic mass is 32.1. The van der Waals surface area contributed by atoms with Crippen molar-refractivity contribution in [3.8, 4) is 11.5 Å². The van der Waals surface area contributed by atoms with Gasteiger partial charge in [-0.1, -0.05) is 23.5 Å². The summed E-state index contributed by atoms with van der Waals surface area (Å²) in [6.07, 6.45) is -3.07. The number of hydrogen-bond acceptors (Lipinski definition) is 6. The molecule has 1 N–H and O–H groups in total. The molecular weight excluding hydrogens is 443 g/mol. The van der Waals surface area contributed by atoms with Gasteiger partial charge in [-0.15, -0.1) is 13.2 Å². The van der Waals surface area contributed by atoms with E-state index >= 15 is 0 Å². The molecule has 1 aliphatic rings. The predicted molar refractivity (Wildman–Crippen MR) is 116 cm³/mol. The number of fused-ring (bicyclic) bond motifs is 1. The number of thiazole rings is 1. The highest BCUT2D eigenvalue weighted by Crippen LogP contribution is 2.33. The molecule has 1 aliphatic heterocycles. The van der Waals surface area contributed by atoms with Gasteiger partial charge in [0.05, 0.1) is 23.2 Å². The van der Waals surface area contributed by atoms with E-state index in [-0.39, 0.29) is 24.1 Å². The minimum Gasteiger partial charge on any atom is -0.497 e. The Morgan fingerprint density at radius 3 is 2.69 bits per heavy atom. The summed E-state index contributed by atoms with van der Waals surface area (Å²) >= 11 is 1.57. The van der Waals surface area contributed by atoms with E-state index in [0.717, 1.165) is 40.5 Å². The molecule has 0 saturated carbocycles. The Labute approximate surface area is 187 Å². The van der Waals surface area contributed by atoms with Crippen molar-refractivity contribution in [1.82, 2.24) is 10.3 Å². The molecule has 1 fully saturated rings. The van der Waals surface area contributed by atoms with Crippen LogP contribution in [-0.4, -0.2) is 37.5 Å². The lowest BCUT2D eigenvalue weighted by Gasteiger charge is -2.31. The molecule has 2 aromatic carbocycles. The second-order valence-electron chi connectivity index (χ2n) is 7.52. The molecule has 6 nitrogen and oxygen atoms in total. The van der Waals surface area contributed by atoms with Gasteiger partial charge in [-0.2, -0.15) is 0 Å². The van der Waals surface area contributed by atoms with Crippen LogP contribution in [0.4, 0.5) is 18.3 Å². The van der Waals surface area contributed by atoms with E-state index in [0.29, 0.717) is 12.1 Å². The Bertz CT molecular complexity index is 1090. The van der Waals surface area contributed by atoms with Crippen LogP contribution in [0, 0.1) is 5.92 Å². The number of methoxy groups -OCH3 is 1. The summed E-state index contributed by atoms with van der Waals surface area (Å²) in [7, 11) is 1.63. The van der Waals surface area contributed by atoms with Crippen LogP contribution in [0.1, 0.15) is 18.4 Å². The molecule has 0 radical (unpaired) electrons. The van der Waals surface area contributed by atoms with E-state index in [1.165, 1.54) is 24.3 Å². The van der Waals surface area contributed by atoms with Gasteiger partial charge in [-0.25, -0.2) is 4.98 Å². The number of halogens is 3. The number of nitrogens with zero attached hydrogens (tertiary/aromatic N) is 2. The molecule has 1 saturated heterocycles. The number of carbonyl (C=O) groups excluding carboxylic acids is 1. The largest absolute Gasteiger partial charge is 0.573 e. The minimum atomic E-state index is -4.72. The fourth-order valence-corrected chi connectivity index (χ4v) is 4.69. The van der Waals surface area contributed by atoms with Crippen molar-refractivity contribution >= 4 is 32.6 Å². The number of benzene rings is 2. The molecule has 0 aliphatic carbocycles. The average Bonchev–Trinajstić information content (AvgIpc) is 3.21. The number of rotatable bonds is 6. The van der Waals surface area contributed by atoms with Crippen LogP contribution >= 0.6 is 11.3 Å². The SMILES string of the molecule is COc1ccc2nc(N3CCCC(C(=O)NCc4ccc(OC(F)(F)F)cc4)C3)sc2c1. The molecular formula is C22H22F3N3O3S. The predicted octanol–water partition coefficient (Wildman–Crippen LogP) is 4.74. The molecule has 10 heteroatoms. The fourth-order valence-electron chi connectivity index (χ4n) is 3.66. The van der Waals surface area contributed by atoms with Crippen molar-refractivity contribution in [2.75, 3.05) is 25.1 Å². The van der Waals surface area contributed by atoms with E-state index in [2.05, 4.69) is 15.0 Å². The summed E-state index contributed by atoms with van der Waals surface area (Å²) in [6.45, 7) is 1.64. The summed E-state index contributed by atoms with van der Waals surface area (Å²) in [6, 6.07) is 11.2. The van der Waals surface area contributed by atoms with Gasteiger partial charge in [0, 0.05) is 19.6 Å². The van der Waals surface area contributed by atoms with Crippen LogP contribution < -0.4 is 19.7 Å². The van der Waals surface area contributed by atoms with E-state index in [1.54, 1.807) is 18.4 Å². The molecule has 2 heterocycles. The van der Waals surface area contributed by atoms with Crippen molar-refractivity contribution in [3.63, 3.8) is 0 Å². The molecule has 3 aromatic rings. The first-order chi connectivity index (χ1) is 15.3. The fraction of sp³-hybridized carbons (Fsp3) is 0.364. The highest BCUT2D eigenvalue weighted by molar-refractivity contribution is 7.22. The van der Waals surface area contributed by atoms with Gasteiger partial charge in [-0.05, 0) is 48.7 Å². The number of piperidine rings is 1. The molecule has 170 valence electrons. The van der Waals surface area contributed by atoms with Gasteiger partial charge < -0.3 is 19.7 Å². The van der Waals surface area contributed by atoms with Gasteiger partial charge in [0.2, 0.25) is 5.91 Å². The zero-order chi connectivity index (χ0) is 22.7. The Hall–Kier alpha value is -3.01. The smallest absolute Gasteiger partial charge is 0.497 e. The molecule has 0 bridgehead atoms. The second-order valence-corrected chi connectivity index (χ2v) is 8.53. The van der Waals surface area contributed by atoms with Crippen LogP contribution in [-0.2, 0) is 11.3 Å². The van der Waals surface area contributed by atoms with Crippen LogP contribution in [0.15, 0.2) is 42.5 Å². The lowest BCUT2D eigenvalue weighted by Crippen LogP contribution is -2.42. The van der Waals surface area contributed by atoms with Crippen LogP contribution in [0.3, 0.4) is 0 Å². The van der Waals surface area contributed by atoms with Gasteiger partial charge in [0.1, 0.15) is 11.5 Å². The van der Waals surface area contributed by atoms with E-state index < -0.39 is 6.36 Å². The summed E-state index contributed by atoms with van der Waals surface area (Å²) in [4.78, 5) is 19.5. The van der Waals surface area contributed by atoms with Crippen molar-refractivity contribution in [2.45, 2.75) is 25.7 Å². The number of aromatic nitrogens is 1. The van der Waals surface area contributed by atoms with E-state index in [1.807, 2.05) is 18.2 Å². The van der Waals surface area contributed by atoms with Crippen molar-refractivity contribution in [2.24, 2.45) is 5.92 Å². The Balaban J connectivity index is 1.34. The number of amides is 1. The number of alkyl halides is 3. The van der Waals surface area contributed by atoms with Crippen LogP contribution in [0.2, 0.25) is 0 Å². The van der Waals surface area contributed by atoms with Gasteiger partial charge in [0.25, 0.3) is 0 Å². The molecule has 4 rings (SSSR count). The number of carbonyl (C=O) groups is 1. The van der Waals surface area contributed by atoms with Crippen molar-refractivity contribution < 1.29 is 27.4 Å². The standard InChI is InChI=1S/C22H22F3N3O3S/c1-30-17-8-9-18-19(11-17)32-21(27-18)28-10-2-3-15(13-28)20(29)26-12-14-4-6-16(7-5-14)31-22(23,24)25/h4-9,11,15H,2-3,10,12-13H2,1H3,(H,26,29). The zero-order valence-corrected chi connectivity index (χ0v) is 18.1. The maximum absolute atomic E-state index is 12.7.